The Labute approximate surface area is 159 Å². The van der Waals surface area contributed by atoms with Crippen molar-refractivity contribution in [2.75, 3.05) is 39.1 Å². The van der Waals surface area contributed by atoms with Crippen LogP contribution in [0.1, 0.15) is 17.9 Å². The molecule has 0 bridgehead atoms. The van der Waals surface area contributed by atoms with E-state index in [4.69, 9.17) is 4.74 Å². The van der Waals surface area contributed by atoms with Crippen LogP contribution in [0.5, 0.6) is 5.75 Å². The first-order valence-electron chi connectivity index (χ1n) is 8.99. The van der Waals surface area contributed by atoms with Crippen molar-refractivity contribution >= 4 is 17.6 Å². The normalized spacial score (nSPS) is 16.9. The number of pyridine rings is 1. The molecule has 0 spiro atoms. The molecule has 1 atom stereocenters. The lowest BCUT2D eigenvalue weighted by atomic mass is 9.98. The maximum absolute atomic E-state index is 12.1. The molecule has 27 heavy (non-hydrogen) atoms. The predicted octanol–water partition coefficient (Wildman–Crippen LogP) is 2.09. The molecule has 1 amide bonds. The third-order valence-electron chi connectivity index (χ3n) is 4.64. The van der Waals surface area contributed by atoms with Crippen molar-refractivity contribution < 1.29 is 9.53 Å². The molecule has 2 heterocycles. The maximum atomic E-state index is 12.1. The lowest BCUT2D eigenvalue weighted by Crippen LogP contribution is -2.43. The average molecular weight is 367 g/mol. The minimum absolute atomic E-state index is 0.130. The first kappa shape index (κ1) is 18.7. The van der Waals surface area contributed by atoms with E-state index in [0.717, 1.165) is 31.2 Å². The highest BCUT2D eigenvalue weighted by Gasteiger charge is 2.26. The summed E-state index contributed by atoms with van der Waals surface area (Å²) in [5, 5.41) is 5.95. The smallest absolute Gasteiger partial charge is 0.243 e. The van der Waals surface area contributed by atoms with Crippen LogP contribution >= 0.6 is 0 Å². The van der Waals surface area contributed by atoms with Crippen LogP contribution < -0.4 is 15.4 Å². The van der Waals surface area contributed by atoms with Gasteiger partial charge in [0.05, 0.1) is 25.5 Å². The lowest BCUT2D eigenvalue weighted by molar-refractivity contribution is -0.115. The molecular formula is C20H25N5O2. The fourth-order valence-corrected chi connectivity index (χ4v) is 3.23. The number of hydrogen-bond donors (Lipinski definition) is 2. The van der Waals surface area contributed by atoms with Gasteiger partial charge in [0.1, 0.15) is 5.75 Å². The molecule has 3 rings (SSSR count). The zero-order valence-electron chi connectivity index (χ0n) is 15.7. The van der Waals surface area contributed by atoms with Gasteiger partial charge in [-0.05, 0) is 36.2 Å². The minimum atomic E-state index is -0.130. The number of ether oxygens (including phenoxy) is 1. The Morgan fingerprint density at radius 3 is 2.81 bits per heavy atom. The topological polar surface area (TPSA) is 78.8 Å². The number of nitrogens with one attached hydrogen (secondary N) is 2. The number of carbonyl (C=O) groups is 1. The van der Waals surface area contributed by atoms with Crippen LogP contribution in [0.2, 0.25) is 0 Å². The van der Waals surface area contributed by atoms with Gasteiger partial charge in [0.15, 0.2) is 5.96 Å². The number of nitrogens with zero attached hydrogens (tertiary/aromatic N) is 3. The zero-order chi connectivity index (χ0) is 19.1. The number of hydrogen-bond acceptors (Lipinski definition) is 4. The molecule has 0 aliphatic carbocycles. The van der Waals surface area contributed by atoms with Crippen LogP contribution in [0.15, 0.2) is 53.8 Å². The Balaban J connectivity index is 1.51. The van der Waals surface area contributed by atoms with Crippen molar-refractivity contribution in [3.63, 3.8) is 0 Å². The summed E-state index contributed by atoms with van der Waals surface area (Å²) in [6.45, 7) is 1.93. The molecule has 1 aromatic carbocycles. The summed E-state index contributed by atoms with van der Waals surface area (Å²) in [7, 11) is 3.41. The maximum Gasteiger partial charge on any atom is 0.243 e. The van der Waals surface area contributed by atoms with Gasteiger partial charge < -0.3 is 20.3 Å². The molecule has 1 aliphatic heterocycles. The van der Waals surface area contributed by atoms with Gasteiger partial charge in [-0.1, -0.05) is 12.1 Å². The zero-order valence-corrected chi connectivity index (χ0v) is 15.7. The number of anilines is 1. The molecule has 2 aromatic rings. The second kappa shape index (κ2) is 9.02. The van der Waals surface area contributed by atoms with Crippen molar-refractivity contribution in [1.82, 2.24) is 15.2 Å². The van der Waals surface area contributed by atoms with E-state index in [0.29, 0.717) is 11.6 Å². The fourth-order valence-electron chi connectivity index (χ4n) is 3.23. The summed E-state index contributed by atoms with van der Waals surface area (Å²) in [4.78, 5) is 22.6. The van der Waals surface area contributed by atoms with Crippen LogP contribution in [0, 0.1) is 0 Å². The highest BCUT2D eigenvalue weighted by molar-refractivity contribution is 5.94. The Morgan fingerprint density at radius 2 is 2.15 bits per heavy atom. The SMILES string of the molecule is CN=C(NCC(=O)Nc1cccnc1)N1CCC(c2ccc(OC)cc2)C1. The van der Waals surface area contributed by atoms with Gasteiger partial charge in [-0.25, -0.2) is 0 Å². The van der Waals surface area contributed by atoms with Gasteiger partial charge in [-0.15, -0.1) is 0 Å². The number of methoxy groups -OCH3 is 1. The highest BCUT2D eigenvalue weighted by atomic mass is 16.5. The summed E-state index contributed by atoms with van der Waals surface area (Å²) < 4.78 is 5.22. The van der Waals surface area contributed by atoms with E-state index in [1.54, 1.807) is 38.7 Å². The first-order valence-corrected chi connectivity index (χ1v) is 8.99. The molecule has 1 unspecified atom stereocenters. The minimum Gasteiger partial charge on any atom is -0.497 e. The Morgan fingerprint density at radius 1 is 1.33 bits per heavy atom. The van der Waals surface area contributed by atoms with Crippen molar-refractivity contribution in [2.45, 2.75) is 12.3 Å². The molecule has 7 heteroatoms. The molecule has 1 saturated heterocycles. The molecule has 142 valence electrons. The van der Waals surface area contributed by atoms with Crippen molar-refractivity contribution in [3.8, 4) is 5.75 Å². The third kappa shape index (κ3) is 4.97. The standard InChI is InChI=1S/C20H25N5O2/c1-21-20(23-13-19(26)24-17-4-3-10-22-12-17)25-11-9-16(14-25)15-5-7-18(27-2)8-6-15/h3-8,10,12,16H,9,11,13-14H2,1-2H3,(H,21,23)(H,24,26). The van der Waals surface area contributed by atoms with E-state index in [2.05, 4.69) is 37.6 Å². The molecular weight excluding hydrogens is 342 g/mol. The van der Waals surface area contributed by atoms with Gasteiger partial charge >= 0.3 is 0 Å². The number of benzene rings is 1. The second-order valence-electron chi connectivity index (χ2n) is 6.40. The molecule has 0 saturated carbocycles. The van der Waals surface area contributed by atoms with Crippen LogP contribution in [0.4, 0.5) is 5.69 Å². The van der Waals surface area contributed by atoms with Gasteiger partial charge in [-0.3, -0.25) is 14.8 Å². The Hall–Kier alpha value is -3.09. The van der Waals surface area contributed by atoms with Crippen molar-refractivity contribution in [3.05, 3.63) is 54.4 Å². The molecule has 2 N–H and O–H groups in total. The second-order valence-corrected chi connectivity index (χ2v) is 6.40. The molecule has 1 aromatic heterocycles. The number of aliphatic imine (C=N–C) groups is 1. The number of guanidine groups is 1. The molecule has 7 nitrogen and oxygen atoms in total. The molecule has 1 aliphatic rings. The molecule has 1 fully saturated rings. The summed E-state index contributed by atoms with van der Waals surface area (Å²) in [6, 6.07) is 11.8. The monoisotopic (exact) mass is 367 g/mol. The third-order valence-corrected chi connectivity index (χ3v) is 4.64. The van der Waals surface area contributed by atoms with E-state index in [9.17, 15) is 4.79 Å². The highest BCUT2D eigenvalue weighted by Crippen LogP contribution is 2.28. The average Bonchev–Trinajstić information content (AvgIpc) is 3.19. The van der Waals surface area contributed by atoms with Crippen LogP contribution in [0.3, 0.4) is 0 Å². The Bertz CT molecular complexity index is 777. The van der Waals surface area contributed by atoms with E-state index >= 15 is 0 Å². The fraction of sp³-hybridized carbons (Fsp3) is 0.350. The lowest BCUT2D eigenvalue weighted by Gasteiger charge is -2.21. The van der Waals surface area contributed by atoms with Crippen molar-refractivity contribution in [2.24, 2.45) is 4.99 Å². The van der Waals surface area contributed by atoms with E-state index in [1.165, 1.54) is 5.56 Å². The quantitative estimate of drug-likeness (QED) is 0.625. The number of likely N-dealkylation sites (tertiary alicyclic amines) is 1. The van der Waals surface area contributed by atoms with E-state index in [1.807, 2.05) is 12.1 Å². The van der Waals surface area contributed by atoms with Crippen LogP contribution in [-0.2, 0) is 4.79 Å². The van der Waals surface area contributed by atoms with Crippen LogP contribution in [0.25, 0.3) is 0 Å². The number of aromatic nitrogens is 1. The van der Waals surface area contributed by atoms with E-state index in [-0.39, 0.29) is 12.5 Å². The van der Waals surface area contributed by atoms with Crippen molar-refractivity contribution in [1.29, 1.82) is 0 Å². The number of amides is 1. The number of rotatable bonds is 5. The summed E-state index contributed by atoms with van der Waals surface area (Å²) in [5.74, 6) is 1.92. The van der Waals surface area contributed by atoms with Gasteiger partial charge in [0.2, 0.25) is 5.91 Å². The van der Waals surface area contributed by atoms with Gasteiger partial charge in [0.25, 0.3) is 0 Å². The first-order chi connectivity index (χ1) is 13.2. The molecule has 0 radical (unpaired) electrons. The summed E-state index contributed by atoms with van der Waals surface area (Å²) >= 11 is 0. The largest absolute Gasteiger partial charge is 0.497 e. The predicted molar refractivity (Wildman–Crippen MR) is 106 cm³/mol. The van der Waals surface area contributed by atoms with Crippen LogP contribution in [-0.4, -0.2) is 55.5 Å². The Kier molecular flexibility index (Phi) is 6.25. The summed E-state index contributed by atoms with van der Waals surface area (Å²) in [5.41, 5.74) is 1.98. The van der Waals surface area contributed by atoms with E-state index < -0.39 is 0 Å². The van der Waals surface area contributed by atoms with Gasteiger partial charge in [0, 0.05) is 32.3 Å². The van der Waals surface area contributed by atoms with Gasteiger partial charge in [-0.2, -0.15) is 0 Å². The number of carbonyl (C=O) groups excluding carboxylic acids is 1. The summed E-state index contributed by atoms with van der Waals surface area (Å²) in [6.07, 6.45) is 4.34.